The fraction of sp³-hybridized carbons (Fsp3) is 0.429. The molecule has 2 aromatic heterocycles. The number of benzene rings is 1. The third-order valence-corrected chi connectivity index (χ3v) is 5.57. The Labute approximate surface area is 192 Å². The van der Waals surface area contributed by atoms with E-state index in [1.165, 1.54) is 16.5 Å². The fourth-order valence-electron chi connectivity index (χ4n) is 3.97. The minimum atomic E-state index is -2.93. The zero-order chi connectivity index (χ0) is 24.5. The van der Waals surface area contributed by atoms with E-state index in [0.717, 1.165) is 0 Å². The summed E-state index contributed by atoms with van der Waals surface area (Å²) in [6, 6.07) is 5.62. The van der Waals surface area contributed by atoms with E-state index < -0.39 is 18.4 Å². The first kappa shape index (κ1) is 23.7. The van der Waals surface area contributed by atoms with Crippen molar-refractivity contribution in [3.63, 3.8) is 0 Å². The van der Waals surface area contributed by atoms with Gasteiger partial charge in [-0.15, -0.1) is 5.10 Å². The van der Waals surface area contributed by atoms with Gasteiger partial charge in [0.15, 0.2) is 0 Å². The van der Waals surface area contributed by atoms with Gasteiger partial charge in [-0.25, -0.2) is 27.6 Å². The third-order valence-electron chi connectivity index (χ3n) is 5.57. The first-order valence-corrected chi connectivity index (χ1v) is 10.5. The minimum Gasteiger partial charge on any atom is -0.479 e. The van der Waals surface area contributed by atoms with Crippen LogP contribution in [0.15, 0.2) is 35.6 Å². The molecule has 9 nitrogen and oxygen atoms in total. The number of nitrogens with one attached hydrogen (secondary N) is 3. The van der Waals surface area contributed by atoms with Crippen LogP contribution in [0.3, 0.4) is 0 Å². The molecule has 1 aromatic carbocycles. The van der Waals surface area contributed by atoms with Gasteiger partial charge in [0.1, 0.15) is 17.2 Å². The highest BCUT2D eigenvalue weighted by molar-refractivity contribution is 5.87. The van der Waals surface area contributed by atoms with Crippen LogP contribution in [0.2, 0.25) is 0 Å². The molecule has 0 radical (unpaired) electrons. The molecule has 34 heavy (non-hydrogen) atoms. The van der Waals surface area contributed by atoms with Crippen molar-refractivity contribution in [2.45, 2.75) is 24.8 Å². The highest BCUT2D eigenvalue weighted by Crippen LogP contribution is 2.36. The van der Waals surface area contributed by atoms with Crippen molar-refractivity contribution in [2.75, 3.05) is 44.4 Å². The largest absolute Gasteiger partial charge is 0.479 e. The number of hydrogen-bond donors (Lipinski definition) is 3. The number of halogens is 4. The molecule has 182 valence electrons. The minimum absolute atomic E-state index is 0.00387. The van der Waals surface area contributed by atoms with Gasteiger partial charge in [0.2, 0.25) is 18.3 Å². The van der Waals surface area contributed by atoms with Gasteiger partial charge in [-0.3, -0.25) is 4.90 Å². The number of rotatable bonds is 9. The van der Waals surface area contributed by atoms with E-state index in [1.54, 1.807) is 37.5 Å². The van der Waals surface area contributed by atoms with Crippen LogP contribution in [0.1, 0.15) is 6.42 Å². The van der Waals surface area contributed by atoms with Crippen molar-refractivity contribution in [3.8, 4) is 17.0 Å². The number of likely N-dealkylation sites (tertiary alicyclic amines) is 1. The summed E-state index contributed by atoms with van der Waals surface area (Å²) < 4.78 is 60.4. The summed E-state index contributed by atoms with van der Waals surface area (Å²) in [4.78, 5) is 5.82. The molecule has 0 spiro atoms. The Balaban J connectivity index is 1.67. The van der Waals surface area contributed by atoms with Gasteiger partial charge < -0.3 is 15.4 Å². The van der Waals surface area contributed by atoms with Crippen molar-refractivity contribution >= 4 is 22.8 Å². The maximum Gasteiger partial charge on any atom is 0.281 e. The maximum atomic E-state index is 14.2. The smallest absolute Gasteiger partial charge is 0.281 e. The number of nitrogens with zero attached hydrogens (tertiary/aromatic N) is 5. The van der Waals surface area contributed by atoms with Gasteiger partial charge >= 0.3 is 0 Å². The average molecular weight is 480 g/mol. The Kier molecular flexibility index (Phi) is 6.55. The molecule has 0 amide bonds. The zero-order valence-corrected chi connectivity index (χ0v) is 18.5. The second-order valence-corrected chi connectivity index (χ2v) is 8.07. The number of alkyl halides is 4. The molecular weight excluding hydrogens is 456 g/mol. The van der Waals surface area contributed by atoms with Gasteiger partial charge in [-0.1, -0.05) is 6.07 Å². The first-order chi connectivity index (χ1) is 16.2. The van der Waals surface area contributed by atoms with Crippen LogP contribution >= 0.6 is 0 Å². The van der Waals surface area contributed by atoms with Gasteiger partial charge in [-0.05, 0) is 30.8 Å². The molecule has 1 aliphatic rings. The number of hydrogen-bond acceptors (Lipinski definition) is 8. The molecule has 3 N–H and O–H groups in total. The number of fused-ring (bicyclic) bond motifs is 1. The predicted octanol–water partition coefficient (Wildman–Crippen LogP) is 4.50. The normalized spacial score (nSPS) is 17.9. The summed E-state index contributed by atoms with van der Waals surface area (Å²) in [5.41, 5.74) is 9.91. The molecule has 1 atom stereocenters. The molecule has 4 rings (SSSR count). The number of anilines is 2. The molecule has 0 saturated carbocycles. The van der Waals surface area contributed by atoms with Crippen molar-refractivity contribution < 1.29 is 22.3 Å². The Hall–Kier alpha value is -3.48. The fourth-order valence-corrected chi connectivity index (χ4v) is 3.97. The molecule has 0 aliphatic carbocycles. The second-order valence-electron chi connectivity index (χ2n) is 8.07. The molecule has 1 aliphatic heterocycles. The SMILES string of the molecule is COc1nc(N[C@@H]2CN(C)CC2(F)F)nn2ccc(-c3ccc(N=N)c(NCCC(F)F)c3)c12. The molecule has 3 heterocycles. The van der Waals surface area contributed by atoms with Crippen LogP contribution < -0.4 is 15.4 Å². The van der Waals surface area contributed by atoms with Crippen LogP contribution in [0.5, 0.6) is 5.88 Å². The van der Waals surface area contributed by atoms with Crippen LogP contribution in [-0.2, 0) is 0 Å². The summed E-state index contributed by atoms with van der Waals surface area (Å²) in [6.45, 7) is -0.197. The lowest BCUT2D eigenvalue weighted by Gasteiger charge is -2.19. The van der Waals surface area contributed by atoms with Crippen molar-refractivity contribution in [1.29, 1.82) is 5.53 Å². The predicted molar refractivity (Wildman–Crippen MR) is 119 cm³/mol. The number of methoxy groups -OCH3 is 1. The van der Waals surface area contributed by atoms with Crippen molar-refractivity contribution in [3.05, 3.63) is 30.5 Å². The van der Waals surface area contributed by atoms with Crippen LogP contribution in [0, 0.1) is 5.53 Å². The number of aromatic nitrogens is 3. The van der Waals surface area contributed by atoms with Crippen LogP contribution in [-0.4, -0.2) is 71.7 Å². The Morgan fingerprint density at radius 3 is 2.76 bits per heavy atom. The van der Waals surface area contributed by atoms with E-state index in [1.807, 2.05) is 0 Å². The lowest BCUT2D eigenvalue weighted by Crippen LogP contribution is -2.38. The highest BCUT2D eigenvalue weighted by atomic mass is 19.3. The summed E-state index contributed by atoms with van der Waals surface area (Å²) in [7, 11) is 3.04. The van der Waals surface area contributed by atoms with E-state index >= 15 is 0 Å². The molecular formula is C21H24F4N8O. The van der Waals surface area contributed by atoms with Gasteiger partial charge in [0, 0.05) is 31.3 Å². The lowest BCUT2D eigenvalue weighted by molar-refractivity contribution is 0.00582. The van der Waals surface area contributed by atoms with E-state index in [4.69, 9.17) is 10.3 Å². The molecule has 1 saturated heterocycles. The first-order valence-electron chi connectivity index (χ1n) is 10.5. The van der Waals surface area contributed by atoms with Crippen molar-refractivity contribution in [2.24, 2.45) is 5.11 Å². The van der Waals surface area contributed by atoms with Gasteiger partial charge in [0.05, 0.1) is 19.3 Å². The molecule has 3 aromatic rings. The van der Waals surface area contributed by atoms with E-state index in [0.29, 0.717) is 28.0 Å². The van der Waals surface area contributed by atoms with E-state index in [2.05, 4.69) is 25.8 Å². The molecule has 0 bridgehead atoms. The second kappa shape index (κ2) is 9.41. The van der Waals surface area contributed by atoms with E-state index in [-0.39, 0.29) is 37.9 Å². The lowest BCUT2D eigenvalue weighted by atomic mass is 10.1. The molecule has 13 heteroatoms. The summed E-state index contributed by atoms with van der Waals surface area (Å²) >= 11 is 0. The Morgan fingerprint density at radius 2 is 2.12 bits per heavy atom. The standard InChI is InChI=1S/C21H24F4N8O/c1-32-10-16(21(24,25)11-32)28-20-29-19(34-2)18-13(6-8-33(18)31-20)12-3-4-14(30-26)15(9-12)27-7-5-17(22)23/h3-4,6,8-9,16-17,26-27H,5,7,10-11H2,1-2H3,(H,28,31)/t16-/m1/s1. The third kappa shape index (κ3) is 4.74. The molecule has 0 unspecified atom stereocenters. The summed E-state index contributed by atoms with van der Waals surface area (Å²) in [5.74, 6) is -2.75. The number of likely N-dealkylation sites (N-methyl/N-ethyl adjacent to an activating group) is 1. The Morgan fingerprint density at radius 1 is 1.32 bits per heavy atom. The monoisotopic (exact) mass is 480 g/mol. The van der Waals surface area contributed by atoms with Gasteiger partial charge in [0.25, 0.3) is 5.92 Å². The number of ether oxygens (including phenoxy) is 1. The summed E-state index contributed by atoms with van der Waals surface area (Å²) in [5, 5.41) is 13.4. The average Bonchev–Trinajstić information content (AvgIpc) is 3.32. The molecule has 1 fully saturated rings. The summed E-state index contributed by atoms with van der Waals surface area (Å²) in [6.07, 6.45) is -1.15. The maximum absolute atomic E-state index is 14.2. The topological polar surface area (TPSA) is 103 Å². The van der Waals surface area contributed by atoms with Crippen molar-refractivity contribution in [1.82, 2.24) is 19.5 Å². The Bertz CT molecular complexity index is 1190. The zero-order valence-electron chi connectivity index (χ0n) is 18.5. The quantitative estimate of drug-likeness (QED) is 0.308. The highest BCUT2D eigenvalue weighted by Gasteiger charge is 2.47. The van der Waals surface area contributed by atoms with E-state index in [9.17, 15) is 17.6 Å². The van der Waals surface area contributed by atoms with Crippen LogP contribution in [0.25, 0.3) is 16.6 Å². The van der Waals surface area contributed by atoms with Crippen LogP contribution in [0.4, 0.5) is 34.9 Å². The van der Waals surface area contributed by atoms with Gasteiger partial charge in [-0.2, -0.15) is 10.1 Å².